The van der Waals surface area contributed by atoms with Crippen LogP contribution in [0.5, 0.6) is 0 Å². The summed E-state index contributed by atoms with van der Waals surface area (Å²) in [7, 11) is 2.84. The van der Waals surface area contributed by atoms with Crippen LogP contribution in [0.2, 0.25) is 0 Å². The van der Waals surface area contributed by atoms with E-state index in [1.807, 2.05) is 0 Å². The van der Waals surface area contributed by atoms with Crippen LogP contribution in [-0.4, -0.2) is 20.1 Å². The highest BCUT2D eigenvalue weighted by atomic mass is 79.9. The molecule has 0 bridgehead atoms. The Kier molecular flexibility index (Phi) is 3.79. The van der Waals surface area contributed by atoms with Gasteiger partial charge in [-0.1, -0.05) is 0 Å². The molecule has 0 aromatic heterocycles. The molecule has 0 fully saturated rings. The molecular weight excluding hydrogens is 262 g/mol. The van der Waals surface area contributed by atoms with Crippen molar-refractivity contribution >= 4 is 33.3 Å². The molecule has 1 aromatic carbocycles. The van der Waals surface area contributed by atoms with Crippen molar-refractivity contribution in [3.63, 3.8) is 0 Å². The number of azo groups is 1. The van der Waals surface area contributed by atoms with Crippen LogP contribution >= 0.6 is 15.9 Å². The van der Waals surface area contributed by atoms with Crippen LogP contribution in [-0.2, 0) is 4.74 Å². The monoisotopic (exact) mass is 271 g/mol. The van der Waals surface area contributed by atoms with E-state index in [2.05, 4.69) is 30.9 Å². The van der Waals surface area contributed by atoms with Crippen molar-refractivity contribution in [1.82, 2.24) is 0 Å². The minimum atomic E-state index is -0.441. The number of carbonyl (C=O) groups is 1. The summed E-state index contributed by atoms with van der Waals surface area (Å²) in [5, 5.41) is 7.41. The molecule has 0 aliphatic rings. The van der Waals surface area contributed by atoms with E-state index in [-0.39, 0.29) is 0 Å². The van der Waals surface area contributed by atoms with Crippen LogP contribution < -0.4 is 5.73 Å². The molecule has 0 radical (unpaired) electrons. The lowest BCUT2D eigenvalue weighted by Crippen LogP contribution is -2.02. The second-order valence-electron chi connectivity index (χ2n) is 2.68. The molecule has 1 rings (SSSR count). The minimum Gasteiger partial charge on any atom is -0.465 e. The Hall–Kier alpha value is -1.43. The van der Waals surface area contributed by atoms with Crippen LogP contribution in [0.3, 0.4) is 0 Å². The molecule has 0 saturated carbocycles. The highest BCUT2D eigenvalue weighted by Gasteiger charge is 2.11. The van der Waals surface area contributed by atoms with Gasteiger partial charge in [-0.3, -0.25) is 0 Å². The average Bonchev–Trinajstić information content (AvgIpc) is 2.23. The standard InChI is InChI=1S/C9H10BrN3O2/c1-12-13-7-4-5(9(14)15-2)3-6(10)8(7)11/h3-4H,11H2,1-2H3. The van der Waals surface area contributed by atoms with Crippen molar-refractivity contribution in [2.75, 3.05) is 19.9 Å². The fourth-order valence-corrected chi connectivity index (χ4v) is 1.48. The van der Waals surface area contributed by atoms with E-state index in [1.54, 1.807) is 6.07 Å². The van der Waals surface area contributed by atoms with Crippen molar-refractivity contribution in [1.29, 1.82) is 0 Å². The van der Waals surface area contributed by atoms with Gasteiger partial charge in [0.15, 0.2) is 0 Å². The number of nitrogens with zero attached hydrogens (tertiary/aromatic N) is 2. The molecule has 0 unspecified atom stereocenters. The highest BCUT2D eigenvalue weighted by Crippen LogP contribution is 2.32. The van der Waals surface area contributed by atoms with Crippen LogP contribution in [0.15, 0.2) is 26.8 Å². The van der Waals surface area contributed by atoms with Crippen LogP contribution in [0.1, 0.15) is 10.4 Å². The van der Waals surface area contributed by atoms with Gasteiger partial charge in [0.05, 0.1) is 18.4 Å². The highest BCUT2D eigenvalue weighted by molar-refractivity contribution is 9.10. The summed E-state index contributed by atoms with van der Waals surface area (Å²) in [6.07, 6.45) is 0. The summed E-state index contributed by atoms with van der Waals surface area (Å²) in [5.41, 5.74) is 6.98. The molecule has 0 aliphatic carbocycles. The number of esters is 1. The average molecular weight is 272 g/mol. The molecule has 15 heavy (non-hydrogen) atoms. The van der Waals surface area contributed by atoms with Crippen molar-refractivity contribution in [2.45, 2.75) is 0 Å². The first-order chi connectivity index (χ1) is 7.10. The molecule has 0 atom stereocenters. The summed E-state index contributed by atoms with van der Waals surface area (Å²) in [4.78, 5) is 11.3. The number of hydrogen-bond donors (Lipinski definition) is 1. The number of methoxy groups -OCH3 is 1. The number of rotatable bonds is 2. The summed E-state index contributed by atoms with van der Waals surface area (Å²) in [6.45, 7) is 0. The van der Waals surface area contributed by atoms with Gasteiger partial charge < -0.3 is 10.5 Å². The smallest absolute Gasteiger partial charge is 0.337 e. The van der Waals surface area contributed by atoms with E-state index in [1.165, 1.54) is 20.2 Å². The van der Waals surface area contributed by atoms with Gasteiger partial charge >= 0.3 is 5.97 Å². The maximum absolute atomic E-state index is 11.3. The zero-order valence-electron chi connectivity index (χ0n) is 8.32. The largest absolute Gasteiger partial charge is 0.465 e. The van der Waals surface area contributed by atoms with Crippen molar-refractivity contribution in [2.24, 2.45) is 10.2 Å². The third kappa shape index (κ3) is 2.53. The third-order valence-electron chi connectivity index (χ3n) is 1.74. The number of anilines is 1. The molecule has 0 spiro atoms. The first-order valence-electron chi connectivity index (χ1n) is 4.07. The lowest BCUT2D eigenvalue weighted by Gasteiger charge is -2.05. The van der Waals surface area contributed by atoms with Crippen molar-refractivity contribution in [3.8, 4) is 0 Å². The van der Waals surface area contributed by atoms with Gasteiger partial charge in [0.1, 0.15) is 5.69 Å². The van der Waals surface area contributed by atoms with E-state index < -0.39 is 5.97 Å². The van der Waals surface area contributed by atoms with Gasteiger partial charge in [-0.15, -0.1) is 0 Å². The van der Waals surface area contributed by atoms with Gasteiger partial charge in [-0.2, -0.15) is 10.2 Å². The topological polar surface area (TPSA) is 77.0 Å². The van der Waals surface area contributed by atoms with Gasteiger partial charge in [-0.05, 0) is 28.1 Å². The minimum absolute atomic E-state index is 0.376. The van der Waals surface area contributed by atoms with E-state index in [0.29, 0.717) is 21.4 Å². The molecule has 2 N–H and O–H groups in total. The van der Waals surface area contributed by atoms with Crippen LogP contribution in [0.25, 0.3) is 0 Å². The zero-order valence-corrected chi connectivity index (χ0v) is 9.91. The summed E-state index contributed by atoms with van der Waals surface area (Å²) in [5.74, 6) is -0.441. The fraction of sp³-hybridized carbons (Fsp3) is 0.222. The molecular formula is C9H10BrN3O2. The van der Waals surface area contributed by atoms with E-state index in [9.17, 15) is 4.79 Å². The Bertz CT molecular complexity index is 418. The van der Waals surface area contributed by atoms with Crippen LogP contribution in [0.4, 0.5) is 11.4 Å². The maximum atomic E-state index is 11.3. The third-order valence-corrected chi connectivity index (χ3v) is 2.39. The molecule has 0 saturated heterocycles. The van der Waals surface area contributed by atoms with E-state index >= 15 is 0 Å². The molecule has 0 amide bonds. The number of carbonyl (C=O) groups excluding carboxylic acids is 1. The lowest BCUT2D eigenvalue weighted by atomic mass is 10.2. The number of halogens is 1. The number of ether oxygens (including phenoxy) is 1. The summed E-state index contributed by atoms with van der Waals surface area (Å²) >= 11 is 3.23. The lowest BCUT2D eigenvalue weighted by molar-refractivity contribution is 0.0600. The predicted molar refractivity (Wildman–Crippen MR) is 60.3 cm³/mol. The van der Waals surface area contributed by atoms with E-state index in [4.69, 9.17) is 5.73 Å². The van der Waals surface area contributed by atoms with Crippen molar-refractivity contribution < 1.29 is 9.53 Å². The number of hydrogen-bond acceptors (Lipinski definition) is 5. The number of benzene rings is 1. The summed E-state index contributed by atoms with van der Waals surface area (Å²) in [6, 6.07) is 3.11. The zero-order chi connectivity index (χ0) is 11.4. The number of nitrogens with two attached hydrogens (primary N) is 1. The van der Waals surface area contributed by atoms with Crippen LogP contribution in [0, 0.1) is 0 Å². The van der Waals surface area contributed by atoms with E-state index in [0.717, 1.165) is 0 Å². The first kappa shape index (κ1) is 11.6. The van der Waals surface area contributed by atoms with Gasteiger partial charge in [-0.25, -0.2) is 4.79 Å². The maximum Gasteiger partial charge on any atom is 0.337 e. The SMILES string of the molecule is CN=Nc1cc(C(=O)OC)cc(Br)c1N. The van der Waals surface area contributed by atoms with Gasteiger partial charge in [0.25, 0.3) is 0 Å². The Morgan fingerprint density at radius 3 is 2.73 bits per heavy atom. The Morgan fingerprint density at radius 1 is 1.53 bits per heavy atom. The predicted octanol–water partition coefficient (Wildman–Crippen LogP) is 2.53. The number of nitrogen functional groups attached to an aromatic ring is 1. The summed E-state index contributed by atoms with van der Waals surface area (Å²) < 4.78 is 5.18. The Balaban J connectivity index is 3.29. The van der Waals surface area contributed by atoms with Gasteiger partial charge in [0.2, 0.25) is 0 Å². The quantitative estimate of drug-likeness (QED) is 0.510. The fourth-order valence-electron chi connectivity index (χ4n) is 1.03. The second kappa shape index (κ2) is 4.88. The Morgan fingerprint density at radius 2 is 2.20 bits per heavy atom. The molecule has 5 nitrogen and oxygen atoms in total. The molecule has 6 heteroatoms. The molecule has 0 aliphatic heterocycles. The van der Waals surface area contributed by atoms with Gasteiger partial charge in [0, 0.05) is 11.5 Å². The normalized spacial score (nSPS) is 10.6. The molecule has 1 aromatic rings. The Labute approximate surface area is 95.5 Å². The second-order valence-corrected chi connectivity index (χ2v) is 3.54. The van der Waals surface area contributed by atoms with Crippen molar-refractivity contribution in [3.05, 3.63) is 22.2 Å². The molecule has 80 valence electrons. The first-order valence-corrected chi connectivity index (χ1v) is 4.86. The molecule has 0 heterocycles.